The van der Waals surface area contributed by atoms with Crippen LogP contribution in [0.1, 0.15) is 19.4 Å². The van der Waals surface area contributed by atoms with E-state index in [-0.39, 0.29) is 0 Å². The number of methoxy groups -OCH3 is 2. The molecule has 0 aromatic heterocycles. The third-order valence-corrected chi connectivity index (χ3v) is 3.94. The first-order valence-corrected chi connectivity index (χ1v) is 9.23. The molecule has 2 aromatic carbocycles. The quantitative estimate of drug-likeness (QED) is 0.505. The van der Waals surface area contributed by atoms with Crippen LogP contribution in [0.15, 0.2) is 41.4 Å². The van der Waals surface area contributed by atoms with Crippen molar-refractivity contribution in [1.82, 2.24) is 5.32 Å². The molecule has 0 radical (unpaired) electrons. The lowest BCUT2D eigenvalue weighted by Gasteiger charge is -2.15. The maximum Gasteiger partial charge on any atom is 0.195 e. The zero-order valence-electron chi connectivity index (χ0n) is 17.2. The largest absolute Gasteiger partial charge is 0.493 e. The molecule has 0 amide bonds. The fraction of sp³-hybridized carbons (Fsp3) is 0.381. The van der Waals surface area contributed by atoms with Gasteiger partial charge >= 0.3 is 0 Å². The molecular weight excluding hydrogens is 358 g/mol. The van der Waals surface area contributed by atoms with E-state index in [0.717, 1.165) is 17.0 Å². The monoisotopic (exact) mass is 387 g/mol. The molecule has 0 unspecified atom stereocenters. The van der Waals surface area contributed by atoms with Crippen LogP contribution in [-0.2, 0) is 6.54 Å². The molecule has 7 heteroatoms. The Bertz CT molecular complexity index is 793. The Morgan fingerprint density at radius 2 is 1.46 bits per heavy atom. The van der Waals surface area contributed by atoms with Crippen molar-refractivity contribution in [3.63, 3.8) is 0 Å². The number of benzene rings is 2. The smallest absolute Gasteiger partial charge is 0.195 e. The van der Waals surface area contributed by atoms with Gasteiger partial charge in [-0.25, -0.2) is 0 Å². The van der Waals surface area contributed by atoms with Crippen molar-refractivity contribution in [1.29, 1.82) is 0 Å². The number of nitrogens with zero attached hydrogens (tertiary/aromatic N) is 1. The highest BCUT2D eigenvalue weighted by molar-refractivity contribution is 5.93. The Morgan fingerprint density at radius 1 is 0.857 bits per heavy atom. The number of anilines is 1. The summed E-state index contributed by atoms with van der Waals surface area (Å²) in [5.41, 5.74) is 1.89. The van der Waals surface area contributed by atoms with Crippen molar-refractivity contribution < 1.29 is 18.9 Å². The van der Waals surface area contributed by atoms with Crippen molar-refractivity contribution in [2.45, 2.75) is 20.4 Å². The van der Waals surface area contributed by atoms with Crippen LogP contribution in [-0.4, -0.2) is 40.4 Å². The van der Waals surface area contributed by atoms with E-state index in [1.165, 1.54) is 0 Å². The predicted molar refractivity (Wildman–Crippen MR) is 112 cm³/mol. The molecular formula is C21H29N3O4. The molecule has 2 rings (SSSR count). The van der Waals surface area contributed by atoms with Crippen LogP contribution in [0.4, 0.5) is 5.69 Å². The number of nitrogens with one attached hydrogen (secondary N) is 2. The van der Waals surface area contributed by atoms with Gasteiger partial charge in [0.05, 0.1) is 27.4 Å². The fourth-order valence-electron chi connectivity index (χ4n) is 2.62. The van der Waals surface area contributed by atoms with Gasteiger partial charge in [0.1, 0.15) is 0 Å². The summed E-state index contributed by atoms with van der Waals surface area (Å²) in [6.07, 6.45) is 0. The van der Waals surface area contributed by atoms with Crippen molar-refractivity contribution in [3.8, 4) is 23.0 Å². The molecule has 0 fully saturated rings. The number of guanidine groups is 1. The van der Waals surface area contributed by atoms with Gasteiger partial charge in [-0.15, -0.1) is 0 Å². The molecule has 0 aliphatic heterocycles. The Balaban J connectivity index is 2.03. The number of hydrogen-bond donors (Lipinski definition) is 2. The number of rotatable bonds is 9. The highest BCUT2D eigenvalue weighted by atomic mass is 16.5. The first-order valence-electron chi connectivity index (χ1n) is 9.23. The second-order valence-electron chi connectivity index (χ2n) is 5.77. The normalized spacial score (nSPS) is 11.0. The van der Waals surface area contributed by atoms with Crippen molar-refractivity contribution in [2.75, 3.05) is 39.8 Å². The molecule has 0 bridgehead atoms. The van der Waals surface area contributed by atoms with Crippen molar-refractivity contribution in [3.05, 3.63) is 42.0 Å². The average Bonchev–Trinajstić information content (AvgIpc) is 2.73. The number of ether oxygens (including phenoxy) is 4. The number of hydrogen-bond acceptors (Lipinski definition) is 5. The fourth-order valence-corrected chi connectivity index (χ4v) is 2.62. The van der Waals surface area contributed by atoms with Crippen molar-refractivity contribution in [2.24, 2.45) is 4.99 Å². The topological polar surface area (TPSA) is 73.3 Å². The molecule has 2 N–H and O–H groups in total. The van der Waals surface area contributed by atoms with E-state index in [0.29, 0.717) is 43.0 Å². The van der Waals surface area contributed by atoms with E-state index in [9.17, 15) is 0 Å². The Labute approximate surface area is 166 Å². The van der Waals surface area contributed by atoms with Crippen LogP contribution >= 0.6 is 0 Å². The third-order valence-electron chi connectivity index (χ3n) is 3.94. The van der Waals surface area contributed by atoms with Crippen LogP contribution in [0.2, 0.25) is 0 Å². The summed E-state index contributed by atoms with van der Waals surface area (Å²) in [5.74, 6) is 3.45. The second-order valence-corrected chi connectivity index (χ2v) is 5.77. The average molecular weight is 387 g/mol. The molecule has 0 atom stereocenters. The van der Waals surface area contributed by atoms with Crippen LogP contribution in [0, 0.1) is 0 Å². The molecule has 0 heterocycles. The summed E-state index contributed by atoms with van der Waals surface area (Å²) >= 11 is 0. The molecule has 7 nitrogen and oxygen atoms in total. The summed E-state index contributed by atoms with van der Waals surface area (Å²) < 4.78 is 21.9. The van der Waals surface area contributed by atoms with E-state index < -0.39 is 0 Å². The van der Waals surface area contributed by atoms with E-state index in [2.05, 4.69) is 15.6 Å². The van der Waals surface area contributed by atoms with E-state index >= 15 is 0 Å². The zero-order chi connectivity index (χ0) is 20.4. The van der Waals surface area contributed by atoms with Gasteiger partial charge in [0.2, 0.25) is 0 Å². The summed E-state index contributed by atoms with van der Waals surface area (Å²) in [6, 6.07) is 11.5. The van der Waals surface area contributed by atoms with Gasteiger partial charge < -0.3 is 29.6 Å². The second kappa shape index (κ2) is 10.9. The zero-order valence-corrected chi connectivity index (χ0v) is 17.2. The van der Waals surface area contributed by atoms with Gasteiger partial charge in [0.15, 0.2) is 29.0 Å². The Kier molecular flexibility index (Phi) is 8.27. The Morgan fingerprint density at radius 3 is 2.04 bits per heavy atom. The van der Waals surface area contributed by atoms with Gasteiger partial charge in [-0.2, -0.15) is 0 Å². The predicted octanol–water partition coefficient (Wildman–Crippen LogP) is 3.69. The minimum Gasteiger partial charge on any atom is -0.493 e. The minimum absolute atomic E-state index is 0.580. The third kappa shape index (κ3) is 5.70. The Hall–Kier alpha value is -3.09. The highest BCUT2D eigenvalue weighted by Gasteiger charge is 2.08. The lowest BCUT2D eigenvalue weighted by atomic mass is 10.2. The molecule has 0 aliphatic carbocycles. The van der Waals surface area contributed by atoms with Gasteiger partial charge in [0, 0.05) is 25.3 Å². The molecule has 0 saturated carbocycles. The maximum absolute atomic E-state index is 5.55. The molecule has 152 valence electrons. The molecule has 2 aromatic rings. The maximum atomic E-state index is 5.55. The molecule has 0 saturated heterocycles. The van der Waals surface area contributed by atoms with Crippen LogP contribution in [0.25, 0.3) is 0 Å². The van der Waals surface area contributed by atoms with Gasteiger partial charge in [-0.3, -0.25) is 4.99 Å². The standard InChI is InChI=1S/C21H29N3O4/c1-6-27-17-10-8-15(12-19(17)25-4)14-23-21(22-3)24-16-9-11-18(28-7-2)20(13-16)26-5/h8-13H,6-7,14H2,1-5H3,(H2,22,23,24). The van der Waals surface area contributed by atoms with E-state index in [1.807, 2.05) is 50.2 Å². The summed E-state index contributed by atoms with van der Waals surface area (Å²) in [6.45, 7) is 5.64. The van der Waals surface area contributed by atoms with Gasteiger partial charge in [-0.05, 0) is 43.7 Å². The van der Waals surface area contributed by atoms with E-state index in [4.69, 9.17) is 18.9 Å². The molecule has 0 aliphatic rings. The van der Waals surface area contributed by atoms with Crippen molar-refractivity contribution >= 4 is 11.6 Å². The lowest BCUT2D eigenvalue weighted by molar-refractivity contribution is 0.310. The SMILES string of the molecule is CCOc1ccc(CNC(=NC)Nc2ccc(OCC)c(OC)c2)cc1OC. The highest BCUT2D eigenvalue weighted by Crippen LogP contribution is 2.30. The molecule has 28 heavy (non-hydrogen) atoms. The van der Waals surface area contributed by atoms with Crippen LogP contribution in [0.5, 0.6) is 23.0 Å². The van der Waals surface area contributed by atoms with E-state index in [1.54, 1.807) is 21.3 Å². The number of aliphatic imine (C=N–C) groups is 1. The first-order chi connectivity index (χ1) is 13.6. The summed E-state index contributed by atoms with van der Waals surface area (Å²) in [4.78, 5) is 4.27. The first kappa shape index (κ1) is 21.2. The van der Waals surface area contributed by atoms with Gasteiger partial charge in [-0.1, -0.05) is 6.07 Å². The molecule has 0 spiro atoms. The van der Waals surface area contributed by atoms with Crippen LogP contribution < -0.4 is 29.6 Å². The lowest BCUT2D eigenvalue weighted by Crippen LogP contribution is -2.30. The van der Waals surface area contributed by atoms with Gasteiger partial charge in [0.25, 0.3) is 0 Å². The summed E-state index contributed by atoms with van der Waals surface area (Å²) in [5, 5.41) is 6.54. The minimum atomic E-state index is 0.580. The van der Waals surface area contributed by atoms with Crippen LogP contribution in [0.3, 0.4) is 0 Å². The summed E-state index contributed by atoms with van der Waals surface area (Å²) in [7, 11) is 4.97.